The molecule has 0 amide bonds. The molecule has 7 heterocycles. The molecule has 82 heavy (non-hydrogen) atoms. The second-order valence-electron chi connectivity index (χ2n) is 22.4. The Balaban J connectivity index is 0.979. The Morgan fingerprint density at radius 2 is 0.646 bits per heavy atom. The van der Waals surface area contributed by atoms with E-state index in [4.69, 9.17) is 13.2 Å². The van der Waals surface area contributed by atoms with E-state index in [-0.39, 0.29) is 0 Å². The molecule has 0 saturated carbocycles. The summed E-state index contributed by atoms with van der Waals surface area (Å²) in [4.78, 5) is 22.6. The molecule has 11 nitrogen and oxygen atoms in total. The van der Waals surface area contributed by atoms with E-state index in [1.54, 1.807) is 42.6 Å². The third kappa shape index (κ3) is 7.87. The van der Waals surface area contributed by atoms with Gasteiger partial charge in [-0.25, -0.2) is 0 Å². The summed E-state index contributed by atoms with van der Waals surface area (Å²) in [6, 6.07) is 67.9. The first-order valence-electron chi connectivity index (χ1n) is 32.6. The fourth-order valence-corrected chi connectivity index (χ4v) is 17.3. The number of hydrogen-bond acceptors (Lipinski definition) is 11. The van der Waals surface area contributed by atoms with Gasteiger partial charge in [0.1, 0.15) is 0 Å². The van der Waals surface area contributed by atoms with Gasteiger partial charge in [0.25, 0.3) is 0 Å². The van der Waals surface area contributed by atoms with Gasteiger partial charge in [0, 0.05) is 0 Å². The molecule has 6 aliphatic heterocycles. The van der Waals surface area contributed by atoms with Crippen LogP contribution in [0.4, 0.5) is 103 Å². The number of nitrogens with zero attached hydrogens (tertiary/aromatic N) is 11. The van der Waals surface area contributed by atoms with E-state index < -0.39 is 74.0 Å². The van der Waals surface area contributed by atoms with E-state index in [0.29, 0.717) is 119 Å². The summed E-state index contributed by atoms with van der Waals surface area (Å²) in [7, 11) is 0. The first-order valence-corrected chi connectivity index (χ1v) is 31.2. The molecule has 15 rings (SSSR count). The van der Waals surface area contributed by atoms with Crippen LogP contribution in [0.15, 0.2) is 176 Å². The molecule has 0 fully saturated rings. The van der Waals surface area contributed by atoms with Crippen LogP contribution in [-0.4, -0.2) is 49.5 Å². The molecule has 0 radical (unpaired) electrons. The molecule has 6 aliphatic rings. The molecule has 414 valence electrons. The van der Waals surface area contributed by atoms with Gasteiger partial charge in [-0.2, -0.15) is 0 Å². The van der Waals surface area contributed by atoms with Crippen molar-refractivity contribution in [3.63, 3.8) is 0 Å². The minimum atomic E-state index is -2.70. The van der Waals surface area contributed by atoms with E-state index in [1.165, 1.54) is 19.6 Å². The molecule has 0 unspecified atom stereocenters. The topological polar surface area (TPSA) is 45.3 Å². The Labute approximate surface area is 513 Å². The van der Waals surface area contributed by atoms with Crippen molar-refractivity contribution in [2.75, 3.05) is 76.9 Å². The van der Waals surface area contributed by atoms with Crippen molar-refractivity contribution in [1.29, 1.82) is 0 Å². The predicted molar refractivity (Wildman–Crippen MR) is 334 cm³/mol. The molecule has 1 aromatic heterocycles. The molecule has 0 saturated heterocycles. The minimum absolute atomic E-state index is 0.401. The van der Waals surface area contributed by atoms with E-state index in [1.807, 2.05) is 151 Å². The van der Waals surface area contributed by atoms with Crippen LogP contribution in [-0.2, 0) is 46.1 Å². The summed E-state index contributed by atoms with van der Waals surface area (Å²) in [5, 5.41) is 0. The van der Waals surface area contributed by atoms with Gasteiger partial charge in [-0.15, -0.1) is 0 Å². The van der Waals surface area contributed by atoms with Gasteiger partial charge in [0.05, 0.1) is 0 Å². The number of anilines is 18. The van der Waals surface area contributed by atoms with Crippen molar-refractivity contribution in [3.8, 4) is 0 Å². The van der Waals surface area contributed by atoms with Gasteiger partial charge in [0.2, 0.25) is 0 Å². The predicted octanol–water partition coefficient (Wildman–Crippen LogP) is 14.7. The molecule has 0 N–H and O–H groups in total. The average Bonchev–Trinajstić information content (AvgIpc) is 1.55. The van der Waals surface area contributed by atoms with Crippen LogP contribution in [0.25, 0.3) is 0 Å². The summed E-state index contributed by atoms with van der Waals surface area (Å²) in [5.74, 6) is 0.444. The Hall–Kier alpha value is -8.23. The molecular formula is C69H59N11Pt2-4. The van der Waals surface area contributed by atoms with Crippen LogP contribution < -0.4 is 49.0 Å². The Bertz CT molecular complexity index is 4490. The van der Waals surface area contributed by atoms with Crippen molar-refractivity contribution in [2.45, 2.75) is 52.4 Å². The number of hydrogen-bond donors (Lipinski definition) is 0. The Kier molecular flexibility index (Phi) is 8.92. The van der Waals surface area contributed by atoms with E-state index >= 15 is 0 Å². The summed E-state index contributed by atoms with van der Waals surface area (Å²) in [6.45, 7) is 1.91. The van der Waals surface area contributed by atoms with Gasteiger partial charge >= 0.3 is 517 Å². The SMILES string of the molecule is [2H]C([2H])([2H])N1[C]2=[Pt]=[C]3N(c4[c-]c(cc(C(C)(C)C)c4)N(c4ccc(N5c6[c-]c(ccc6)N6[C](=[Pt]=[C]7N(c8[c-]c5cc(C(C)(C)C)c8)c5ccccc5N7C([2H])([2H])[2H])N(C([2H])([2H])[2H])c5ccccc56)nc4)c4[c-]c(ccc4)N2c2ccccc21)c1ccccc1N3C([2H])([2H])[2H]. The van der Waals surface area contributed by atoms with Crippen LogP contribution in [0.2, 0.25) is 0 Å². The zero-order valence-electron chi connectivity index (χ0n) is 57.3. The molecule has 8 bridgehead atoms. The van der Waals surface area contributed by atoms with E-state index in [2.05, 4.69) is 77.9 Å². The van der Waals surface area contributed by atoms with Crippen molar-refractivity contribution >= 4 is 119 Å². The van der Waals surface area contributed by atoms with Crippen molar-refractivity contribution < 1.29 is 51.7 Å². The van der Waals surface area contributed by atoms with Crippen LogP contribution in [0.1, 0.15) is 69.1 Å². The van der Waals surface area contributed by atoms with Crippen LogP contribution >= 0.6 is 0 Å². The molecule has 0 atom stereocenters. The molecule has 8 aromatic carbocycles. The number of rotatable bonds is 2. The number of fused-ring (bicyclic) bond motifs is 24. The fourth-order valence-electron chi connectivity index (χ4n) is 11.1. The summed E-state index contributed by atoms with van der Waals surface area (Å²) in [6.07, 6.45) is 1.77. The zero-order valence-corrected chi connectivity index (χ0v) is 49.8. The van der Waals surface area contributed by atoms with Crippen LogP contribution in [0, 0.1) is 24.3 Å². The number of aromatic nitrogens is 1. The number of benzene rings is 8. The third-order valence-electron chi connectivity index (χ3n) is 15.2. The standard InChI is InChI=1S/C69H59N11.2Pt/c1-68(2,3)48-35-55(77-46-73(9)61-27-13-17-31-65(61)77)41-57(37-48)79(52-23-19-21-50(39-52)75-44-71(7)59-25-11-15-29-63(59)75)54-33-34-67(70-43-54)80(53-24-20-22-51(40-53)76-45-72(8)60-26-12-16-30-64(60)76)58-38-49(69(4,5)6)36-56(42-58)78-47-74(10)62-28-14-18-32-66(62)78;;/h11-38,43H,1-10H3;;/q-4;;/i7D3,8D3,9D3,10D3;;. The molecule has 0 spiro atoms. The van der Waals surface area contributed by atoms with E-state index in [0.717, 1.165) is 11.1 Å². The number of para-hydroxylation sites is 8. The van der Waals surface area contributed by atoms with Gasteiger partial charge in [-0.05, 0) is 0 Å². The fraction of sp³-hybridized carbons (Fsp3) is 0.174. The average molecular weight is 1440 g/mol. The van der Waals surface area contributed by atoms with Crippen molar-refractivity contribution in [3.05, 3.63) is 211 Å². The zero-order chi connectivity index (χ0) is 66.1. The Morgan fingerprint density at radius 3 is 0.988 bits per heavy atom. The van der Waals surface area contributed by atoms with Crippen LogP contribution in [0.5, 0.6) is 0 Å². The summed E-state index contributed by atoms with van der Waals surface area (Å²) in [5.41, 5.74) is 9.95. The van der Waals surface area contributed by atoms with Crippen molar-refractivity contribution in [1.82, 2.24) is 4.98 Å². The van der Waals surface area contributed by atoms with Gasteiger partial charge < -0.3 is 0 Å². The van der Waals surface area contributed by atoms with Gasteiger partial charge in [-0.3, -0.25) is 0 Å². The quantitative estimate of drug-likeness (QED) is 0.156. The maximum atomic E-state index is 9.18. The van der Waals surface area contributed by atoms with Crippen molar-refractivity contribution in [2.24, 2.45) is 0 Å². The van der Waals surface area contributed by atoms with E-state index in [9.17, 15) is 8.22 Å². The second-order valence-corrected chi connectivity index (χ2v) is 27.6. The Morgan fingerprint density at radius 1 is 0.341 bits per heavy atom. The molecule has 0 aliphatic carbocycles. The molecule has 13 heteroatoms. The summed E-state index contributed by atoms with van der Waals surface area (Å²) >= 11 is -3.49. The molecule has 9 aromatic rings. The normalized spacial score (nSPS) is 19.0. The van der Waals surface area contributed by atoms with Gasteiger partial charge in [-0.1, -0.05) is 0 Å². The van der Waals surface area contributed by atoms with Crippen LogP contribution in [0.3, 0.4) is 0 Å². The maximum absolute atomic E-state index is 9.18. The van der Waals surface area contributed by atoms with Gasteiger partial charge in [0.15, 0.2) is 0 Å². The first kappa shape index (κ1) is 39.2. The second kappa shape index (κ2) is 18.6. The third-order valence-corrected chi connectivity index (χ3v) is 21.3. The number of pyridine rings is 1. The summed E-state index contributed by atoms with van der Waals surface area (Å²) < 4.78 is 111. The monoisotopic (exact) mass is 1440 g/mol. The molecular weight excluding hydrogens is 1370 g/mol. The first-order chi connectivity index (χ1) is 44.4.